The van der Waals surface area contributed by atoms with Gasteiger partial charge in [-0.1, -0.05) is 52.7 Å². The van der Waals surface area contributed by atoms with Crippen molar-refractivity contribution in [2.45, 2.75) is 26.9 Å². The molecule has 1 amide bonds. The molecule has 0 bridgehead atoms. The maximum absolute atomic E-state index is 12.0. The Hall–Kier alpha value is -3.12. The van der Waals surface area contributed by atoms with E-state index in [1.54, 1.807) is 6.21 Å². The first kappa shape index (κ1) is 22.6. The van der Waals surface area contributed by atoms with Crippen LogP contribution in [0.3, 0.4) is 0 Å². The van der Waals surface area contributed by atoms with E-state index in [9.17, 15) is 4.79 Å². The van der Waals surface area contributed by atoms with Crippen LogP contribution >= 0.6 is 15.9 Å². The molecule has 3 aromatic rings. The Morgan fingerprint density at radius 2 is 1.77 bits per heavy atom. The van der Waals surface area contributed by atoms with Gasteiger partial charge in [0.1, 0.15) is 18.1 Å². The number of nitrogens with one attached hydrogen (secondary N) is 1. The molecule has 5 nitrogen and oxygen atoms in total. The van der Waals surface area contributed by atoms with Crippen LogP contribution in [0.15, 0.2) is 76.3 Å². The van der Waals surface area contributed by atoms with Crippen LogP contribution in [0.4, 0.5) is 0 Å². The lowest BCUT2D eigenvalue weighted by molar-refractivity contribution is -0.123. The molecule has 0 unspecified atom stereocenters. The van der Waals surface area contributed by atoms with E-state index in [0.29, 0.717) is 12.4 Å². The Morgan fingerprint density at radius 1 is 1.03 bits per heavy atom. The van der Waals surface area contributed by atoms with Crippen LogP contribution in [-0.4, -0.2) is 18.7 Å². The zero-order chi connectivity index (χ0) is 22.1. The van der Waals surface area contributed by atoms with E-state index < -0.39 is 0 Å². The molecule has 0 aromatic heterocycles. The standard InChI is InChI=1S/C25H25BrN2O3/c1-3-21-14-22(26)10-13-24(21)31-17-25(29)28-27-15-19-8-11-23(12-9-19)30-16-20-6-4-18(2)5-7-20/h4-15H,3,16-17H2,1-2H3,(H,28,29)/b27-15+. The lowest BCUT2D eigenvalue weighted by atomic mass is 10.1. The fraction of sp³-hybridized carbons (Fsp3) is 0.200. The summed E-state index contributed by atoms with van der Waals surface area (Å²) >= 11 is 3.44. The zero-order valence-corrected chi connectivity index (χ0v) is 19.2. The minimum atomic E-state index is -0.320. The largest absolute Gasteiger partial charge is 0.489 e. The van der Waals surface area contributed by atoms with Crippen molar-refractivity contribution in [3.63, 3.8) is 0 Å². The van der Waals surface area contributed by atoms with E-state index in [-0.39, 0.29) is 12.5 Å². The van der Waals surface area contributed by atoms with E-state index in [1.165, 1.54) is 5.56 Å². The molecular formula is C25H25BrN2O3. The van der Waals surface area contributed by atoms with Gasteiger partial charge in [0.2, 0.25) is 0 Å². The zero-order valence-electron chi connectivity index (χ0n) is 17.6. The SMILES string of the molecule is CCc1cc(Br)ccc1OCC(=O)N/N=C/c1ccc(OCc2ccc(C)cc2)cc1. The van der Waals surface area contributed by atoms with Gasteiger partial charge in [-0.15, -0.1) is 0 Å². The Morgan fingerprint density at radius 3 is 2.48 bits per heavy atom. The Balaban J connectivity index is 1.44. The van der Waals surface area contributed by atoms with Crippen molar-refractivity contribution in [1.82, 2.24) is 5.43 Å². The van der Waals surface area contributed by atoms with Gasteiger partial charge in [-0.3, -0.25) is 4.79 Å². The maximum Gasteiger partial charge on any atom is 0.277 e. The van der Waals surface area contributed by atoms with E-state index >= 15 is 0 Å². The lowest BCUT2D eigenvalue weighted by Gasteiger charge is -2.10. The molecule has 0 atom stereocenters. The van der Waals surface area contributed by atoms with E-state index in [0.717, 1.165) is 33.3 Å². The van der Waals surface area contributed by atoms with Gasteiger partial charge in [0, 0.05) is 4.47 Å². The Kier molecular flexibility index (Phi) is 8.24. The fourth-order valence-corrected chi connectivity index (χ4v) is 3.23. The summed E-state index contributed by atoms with van der Waals surface area (Å²) in [6.07, 6.45) is 2.40. The fourth-order valence-electron chi connectivity index (χ4n) is 2.82. The van der Waals surface area contributed by atoms with Crippen LogP contribution in [0.5, 0.6) is 11.5 Å². The lowest BCUT2D eigenvalue weighted by Crippen LogP contribution is -2.24. The summed E-state index contributed by atoms with van der Waals surface area (Å²) in [6, 6.07) is 21.5. The number of hydrogen-bond donors (Lipinski definition) is 1. The van der Waals surface area contributed by atoms with Crippen LogP contribution in [0.2, 0.25) is 0 Å². The summed E-state index contributed by atoms with van der Waals surface area (Å²) in [5.74, 6) is 1.15. The van der Waals surface area contributed by atoms with Gasteiger partial charge in [0.15, 0.2) is 6.61 Å². The van der Waals surface area contributed by atoms with Crippen LogP contribution < -0.4 is 14.9 Å². The average Bonchev–Trinajstić information content (AvgIpc) is 2.78. The first-order valence-corrected chi connectivity index (χ1v) is 10.8. The first-order chi connectivity index (χ1) is 15.0. The van der Waals surface area contributed by atoms with Crippen molar-refractivity contribution in [2.75, 3.05) is 6.61 Å². The molecule has 0 aliphatic carbocycles. The molecule has 0 fully saturated rings. The van der Waals surface area contributed by atoms with Gasteiger partial charge in [-0.05, 0) is 72.5 Å². The second kappa shape index (κ2) is 11.3. The molecule has 0 aliphatic heterocycles. The van der Waals surface area contributed by atoms with E-state index in [1.807, 2.05) is 49.4 Å². The minimum absolute atomic E-state index is 0.0994. The topological polar surface area (TPSA) is 59.9 Å². The molecule has 31 heavy (non-hydrogen) atoms. The molecule has 3 rings (SSSR count). The number of aryl methyl sites for hydroxylation is 2. The number of hydrogen-bond acceptors (Lipinski definition) is 4. The monoisotopic (exact) mass is 480 g/mol. The molecular weight excluding hydrogens is 456 g/mol. The molecule has 0 saturated carbocycles. The van der Waals surface area contributed by atoms with Crippen molar-refractivity contribution in [3.8, 4) is 11.5 Å². The highest BCUT2D eigenvalue weighted by Crippen LogP contribution is 2.23. The smallest absolute Gasteiger partial charge is 0.277 e. The number of amides is 1. The highest BCUT2D eigenvalue weighted by Gasteiger charge is 2.06. The third-order valence-electron chi connectivity index (χ3n) is 4.57. The van der Waals surface area contributed by atoms with Crippen molar-refractivity contribution < 1.29 is 14.3 Å². The quantitative estimate of drug-likeness (QED) is 0.328. The number of benzene rings is 3. The predicted octanol–water partition coefficient (Wildman–Crippen LogP) is 5.43. The van der Waals surface area contributed by atoms with Crippen molar-refractivity contribution in [2.24, 2.45) is 5.10 Å². The summed E-state index contributed by atoms with van der Waals surface area (Å²) in [4.78, 5) is 12.0. The molecule has 0 radical (unpaired) electrons. The highest BCUT2D eigenvalue weighted by molar-refractivity contribution is 9.10. The minimum Gasteiger partial charge on any atom is -0.489 e. The van der Waals surface area contributed by atoms with Crippen molar-refractivity contribution in [3.05, 3.63) is 93.5 Å². The number of hydrazone groups is 1. The second-order valence-corrected chi connectivity index (χ2v) is 7.95. The van der Waals surface area contributed by atoms with Crippen LogP contribution in [0.1, 0.15) is 29.2 Å². The predicted molar refractivity (Wildman–Crippen MR) is 127 cm³/mol. The average molecular weight is 481 g/mol. The van der Waals surface area contributed by atoms with Gasteiger partial charge < -0.3 is 9.47 Å². The van der Waals surface area contributed by atoms with Crippen LogP contribution in [-0.2, 0) is 17.8 Å². The summed E-state index contributed by atoms with van der Waals surface area (Å²) in [7, 11) is 0. The summed E-state index contributed by atoms with van der Waals surface area (Å²) < 4.78 is 12.4. The molecule has 3 aromatic carbocycles. The molecule has 160 valence electrons. The first-order valence-electron chi connectivity index (χ1n) is 10.0. The summed E-state index contributed by atoms with van der Waals surface area (Å²) in [6.45, 7) is 4.52. The molecule has 0 saturated heterocycles. The number of rotatable bonds is 9. The number of halogens is 1. The normalized spacial score (nSPS) is 10.8. The number of ether oxygens (including phenoxy) is 2. The van der Waals surface area contributed by atoms with Crippen LogP contribution in [0, 0.1) is 6.92 Å². The maximum atomic E-state index is 12.0. The van der Waals surface area contributed by atoms with Gasteiger partial charge in [0.05, 0.1) is 6.21 Å². The number of carbonyl (C=O) groups is 1. The molecule has 6 heteroatoms. The van der Waals surface area contributed by atoms with Crippen molar-refractivity contribution in [1.29, 1.82) is 0 Å². The van der Waals surface area contributed by atoms with Crippen LogP contribution in [0.25, 0.3) is 0 Å². The number of carbonyl (C=O) groups excluding carboxylic acids is 1. The summed E-state index contributed by atoms with van der Waals surface area (Å²) in [5.41, 5.74) is 6.72. The Bertz CT molecular complexity index is 1030. The third kappa shape index (κ3) is 7.26. The third-order valence-corrected chi connectivity index (χ3v) is 5.06. The van der Waals surface area contributed by atoms with E-state index in [2.05, 4.69) is 57.6 Å². The highest BCUT2D eigenvalue weighted by atomic mass is 79.9. The van der Waals surface area contributed by atoms with Crippen molar-refractivity contribution >= 4 is 28.1 Å². The Labute approximate surface area is 191 Å². The van der Waals surface area contributed by atoms with E-state index in [4.69, 9.17) is 9.47 Å². The van der Waals surface area contributed by atoms with Gasteiger partial charge in [-0.2, -0.15) is 5.10 Å². The molecule has 1 N–H and O–H groups in total. The molecule has 0 heterocycles. The van der Waals surface area contributed by atoms with Gasteiger partial charge in [0.25, 0.3) is 5.91 Å². The number of nitrogens with zero attached hydrogens (tertiary/aromatic N) is 1. The van der Waals surface area contributed by atoms with Gasteiger partial charge >= 0.3 is 0 Å². The molecule has 0 spiro atoms. The molecule has 0 aliphatic rings. The second-order valence-electron chi connectivity index (χ2n) is 7.03. The van der Waals surface area contributed by atoms with Gasteiger partial charge in [-0.25, -0.2) is 5.43 Å². The summed E-state index contributed by atoms with van der Waals surface area (Å²) in [5, 5.41) is 3.99.